The highest BCUT2D eigenvalue weighted by Gasteiger charge is 2.09. The average Bonchev–Trinajstić information content (AvgIpc) is 2.45. The van der Waals surface area contributed by atoms with Crippen LogP contribution in [0.4, 0.5) is 11.4 Å². The highest BCUT2D eigenvalue weighted by Crippen LogP contribution is 2.22. The molecule has 0 amide bonds. The Kier molecular flexibility index (Phi) is 6.91. The number of rotatable bonds is 8. The fourth-order valence-electron chi connectivity index (χ4n) is 2.15. The number of hydrogen-bond donors (Lipinski definition) is 2. The maximum atomic E-state index is 11.4. The van der Waals surface area contributed by atoms with E-state index in [1.165, 1.54) is 32.8 Å². The van der Waals surface area contributed by atoms with Crippen LogP contribution in [0.2, 0.25) is 0 Å². The first-order valence-corrected chi connectivity index (χ1v) is 7.32. The minimum Gasteiger partial charge on any atom is -0.465 e. The number of unbranched alkanes of at least 4 members (excludes halogenated alkanes) is 3. The lowest BCUT2D eigenvalue weighted by Gasteiger charge is -2.17. The topological polar surface area (TPSA) is 64.3 Å². The van der Waals surface area contributed by atoms with Crippen molar-refractivity contribution in [2.75, 3.05) is 18.2 Å². The normalized spacial score (nSPS) is 11.9. The maximum absolute atomic E-state index is 11.4. The lowest BCUT2D eigenvalue weighted by atomic mass is 10.1. The SMILES string of the molecule is CCCCCCC(C)Nc1ccc(C(=O)OC)cc1N. The van der Waals surface area contributed by atoms with E-state index < -0.39 is 0 Å². The van der Waals surface area contributed by atoms with E-state index in [4.69, 9.17) is 5.73 Å². The van der Waals surface area contributed by atoms with Crippen molar-refractivity contribution in [3.8, 4) is 0 Å². The number of benzene rings is 1. The number of nitrogens with two attached hydrogens (primary N) is 1. The second kappa shape index (κ2) is 8.46. The summed E-state index contributed by atoms with van der Waals surface area (Å²) in [6.07, 6.45) is 6.17. The minimum atomic E-state index is -0.365. The number of nitrogen functional groups attached to an aromatic ring is 1. The van der Waals surface area contributed by atoms with Crippen LogP contribution in [0, 0.1) is 0 Å². The quantitative estimate of drug-likeness (QED) is 0.431. The summed E-state index contributed by atoms with van der Waals surface area (Å²) >= 11 is 0. The van der Waals surface area contributed by atoms with Crippen LogP contribution in [0.3, 0.4) is 0 Å². The van der Waals surface area contributed by atoms with Crippen LogP contribution in [0.25, 0.3) is 0 Å². The van der Waals surface area contributed by atoms with Crippen molar-refractivity contribution in [1.29, 1.82) is 0 Å². The van der Waals surface area contributed by atoms with Crippen molar-refractivity contribution in [2.24, 2.45) is 0 Å². The molecule has 0 radical (unpaired) electrons. The van der Waals surface area contributed by atoms with Crippen molar-refractivity contribution in [3.63, 3.8) is 0 Å². The van der Waals surface area contributed by atoms with Gasteiger partial charge in [0.25, 0.3) is 0 Å². The van der Waals surface area contributed by atoms with Gasteiger partial charge < -0.3 is 15.8 Å². The fraction of sp³-hybridized carbons (Fsp3) is 0.562. The third-order valence-corrected chi connectivity index (χ3v) is 3.37. The van der Waals surface area contributed by atoms with Gasteiger partial charge in [0.2, 0.25) is 0 Å². The monoisotopic (exact) mass is 278 g/mol. The summed E-state index contributed by atoms with van der Waals surface area (Å²) in [5.74, 6) is -0.365. The zero-order valence-corrected chi connectivity index (χ0v) is 12.7. The molecule has 1 unspecified atom stereocenters. The molecule has 1 atom stereocenters. The molecule has 0 aliphatic carbocycles. The van der Waals surface area contributed by atoms with Crippen LogP contribution >= 0.6 is 0 Å². The van der Waals surface area contributed by atoms with Crippen molar-refractivity contribution in [2.45, 2.75) is 52.0 Å². The summed E-state index contributed by atoms with van der Waals surface area (Å²) < 4.78 is 4.67. The van der Waals surface area contributed by atoms with E-state index in [1.54, 1.807) is 12.1 Å². The molecule has 0 saturated carbocycles. The first kappa shape index (κ1) is 16.3. The number of carbonyl (C=O) groups excluding carboxylic acids is 1. The summed E-state index contributed by atoms with van der Waals surface area (Å²) in [4.78, 5) is 11.4. The molecule has 20 heavy (non-hydrogen) atoms. The third kappa shape index (κ3) is 5.11. The Morgan fingerprint density at radius 3 is 2.70 bits per heavy atom. The zero-order chi connectivity index (χ0) is 15.0. The number of carbonyl (C=O) groups is 1. The third-order valence-electron chi connectivity index (χ3n) is 3.37. The van der Waals surface area contributed by atoms with Gasteiger partial charge >= 0.3 is 5.97 Å². The van der Waals surface area contributed by atoms with Crippen molar-refractivity contribution in [3.05, 3.63) is 23.8 Å². The second-order valence-electron chi connectivity index (χ2n) is 5.19. The van der Waals surface area contributed by atoms with Crippen molar-refractivity contribution < 1.29 is 9.53 Å². The standard InChI is InChI=1S/C16H26N2O2/c1-4-5-6-7-8-12(2)18-15-10-9-13(11-14(15)17)16(19)20-3/h9-12,18H,4-8,17H2,1-3H3. The molecule has 1 rings (SSSR count). The summed E-state index contributed by atoms with van der Waals surface area (Å²) in [7, 11) is 1.36. The number of esters is 1. The lowest BCUT2D eigenvalue weighted by Crippen LogP contribution is -2.16. The van der Waals surface area contributed by atoms with Gasteiger partial charge in [-0.3, -0.25) is 0 Å². The van der Waals surface area contributed by atoms with Crippen LogP contribution < -0.4 is 11.1 Å². The molecule has 3 N–H and O–H groups in total. The molecule has 0 fully saturated rings. The van der Waals surface area contributed by atoms with Gasteiger partial charge in [-0.05, 0) is 31.5 Å². The smallest absolute Gasteiger partial charge is 0.337 e. The fourth-order valence-corrected chi connectivity index (χ4v) is 2.15. The van der Waals surface area contributed by atoms with Crippen LogP contribution in [0.5, 0.6) is 0 Å². The first-order chi connectivity index (χ1) is 9.58. The summed E-state index contributed by atoms with van der Waals surface area (Å²) in [6, 6.07) is 5.59. The Balaban J connectivity index is 2.53. The summed E-state index contributed by atoms with van der Waals surface area (Å²) in [6.45, 7) is 4.37. The molecule has 4 heteroatoms. The van der Waals surface area contributed by atoms with Gasteiger partial charge in [-0.1, -0.05) is 32.6 Å². The van der Waals surface area contributed by atoms with Crippen molar-refractivity contribution >= 4 is 17.3 Å². The van der Waals surface area contributed by atoms with Gasteiger partial charge in [-0.15, -0.1) is 0 Å². The Hall–Kier alpha value is -1.71. The number of hydrogen-bond acceptors (Lipinski definition) is 4. The highest BCUT2D eigenvalue weighted by atomic mass is 16.5. The van der Waals surface area contributed by atoms with Crippen LogP contribution in [0.1, 0.15) is 56.3 Å². The minimum absolute atomic E-state index is 0.365. The summed E-state index contributed by atoms with van der Waals surface area (Å²) in [5.41, 5.74) is 7.90. The maximum Gasteiger partial charge on any atom is 0.337 e. The Bertz CT molecular complexity index is 432. The molecule has 0 spiro atoms. The van der Waals surface area contributed by atoms with Gasteiger partial charge in [-0.2, -0.15) is 0 Å². The Morgan fingerprint density at radius 1 is 1.35 bits per heavy atom. The molecule has 1 aromatic carbocycles. The largest absolute Gasteiger partial charge is 0.465 e. The molecule has 4 nitrogen and oxygen atoms in total. The molecular formula is C16H26N2O2. The molecule has 0 saturated heterocycles. The Labute approximate surface area is 121 Å². The molecule has 1 aromatic rings. The molecular weight excluding hydrogens is 252 g/mol. The van der Waals surface area contributed by atoms with Crippen LogP contribution in [0.15, 0.2) is 18.2 Å². The van der Waals surface area contributed by atoms with Crippen LogP contribution in [-0.4, -0.2) is 19.1 Å². The molecule has 0 heterocycles. The zero-order valence-electron chi connectivity index (χ0n) is 12.7. The predicted molar refractivity (Wildman–Crippen MR) is 84.0 cm³/mol. The number of methoxy groups -OCH3 is 1. The average molecular weight is 278 g/mol. The Morgan fingerprint density at radius 2 is 2.10 bits per heavy atom. The van der Waals surface area contributed by atoms with E-state index in [9.17, 15) is 4.79 Å². The van der Waals surface area contributed by atoms with Crippen molar-refractivity contribution in [1.82, 2.24) is 0 Å². The number of ether oxygens (including phenoxy) is 1. The van der Waals surface area contributed by atoms with E-state index in [0.717, 1.165) is 12.1 Å². The second-order valence-corrected chi connectivity index (χ2v) is 5.19. The number of nitrogens with one attached hydrogen (secondary N) is 1. The van der Waals surface area contributed by atoms with E-state index in [0.29, 0.717) is 17.3 Å². The van der Waals surface area contributed by atoms with Gasteiger partial charge in [0, 0.05) is 6.04 Å². The van der Waals surface area contributed by atoms with E-state index in [-0.39, 0.29) is 5.97 Å². The molecule has 0 aliphatic rings. The van der Waals surface area contributed by atoms with Gasteiger partial charge in [0.15, 0.2) is 0 Å². The molecule has 0 aliphatic heterocycles. The predicted octanol–water partition coefficient (Wildman–Crippen LogP) is 3.83. The van der Waals surface area contributed by atoms with Gasteiger partial charge in [0.05, 0.1) is 24.0 Å². The summed E-state index contributed by atoms with van der Waals surface area (Å²) in [5, 5.41) is 3.39. The number of anilines is 2. The lowest BCUT2D eigenvalue weighted by molar-refractivity contribution is 0.0601. The van der Waals surface area contributed by atoms with Crippen LogP contribution in [-0.2, 0) is 4.74 Å². The first-order valence-electron chi connectivity index (χ1n) is 7.32. The molecule has 0 bridgehead atoms. The van der Waals surface area contributed by atoms with E-state index >= 15 is 0 Å². The van der Waals surface area contributed by atoms with E-state index in [2.05, 4.69) is 23.9 Å². The van der Waals surface area contributed by atoms with E-state index in [1.807, 2.05) is 6.07 Å². The van der Waals surface area contributed by atoms with Gasteiger partial charge in [-0.25, -0.2) is 4.79 Å². The molecule has 0 aromatic heterocycles. The van der Waals surface area contributed by atoms with Gasteiger partial charge in [0.1, 0.15) is 0 Å². The molecule has 112 valence electrons. The highest BCUT2D eigenvalue weighted by molar-refractivity contribution is 5.91.